The van der Waals surface area contributed by atoms with Crippen molar-refractivity contribution >= 4 is 66.7 Å². The number of carbonyl (C=O) groups excluding carboxylic acids is 4. The van der Waals surface area contributed by atoms with E-state index in [2.05, 4.69) is 90.0 Å². The van der Waals surface area contributed by atoms with Crippen molar-refractivity contribution in [2.75, 3.05) is 19.7 Å². The van der Waals surface area contributed by atoms with Gasteiger partial charge in [0.25, 0.3) is 23.6 Å². The number of hydrogen-bond acceptors (Lipinski definition) is 9. The number of aliphatic hydroxyl groups is 1. The highest BCUT2D eigenvalue weighted by molar-refractivity contribution is 6.44. The molecule has 11 nitrogen and oxygen atoms in total. The molecule has 0 saturated heterocycles. The summed E-state index contributed by atoms with van der Waals surface area (Å²) in [7, 11) is 0. The first-order chi connectivity index (χ1) is 38.8. The minimum Gasteiger partial charge on any atom is -0.457 e. The Labute approximate surface area is 480 Å². The first kappa shape index (κ1) is 55.6. The first-order valence-electron chi connectivity index (χ1n) is 28.6. The predicted octanol–water partition coefficient (Wildman–Crippen LogP) is 17.5. The Morgan fingerprint density at radius 1 is 0.341 bits per heavy atom. The lowest BCUT2D eigenvalue weighted by atomic mass is 9.80. The molecule has 9 aromatic rings. The van der Waals surface area contributed by atoms with Crippen molar-refractivity contribution in [1.82, 2.24) is 9.80 Å². The first-order valence-corrected chi connectivity index (χ1v) is 28.6. The molecule has 420 valence electrons. The van der Waals surface area contributed by atoms with E-state index >= 15 is 19.2 Å². The third-order valence-electron chi connectivity index (χ3n) is 16.2. The maximum Gasteiger partial charge on any atom is 0.261 e. The number of benzene rings is 9. The van der Waals surface area contributed by atoms with Crippen LogP contribution < -0.4 is 18.9 Å². The summed E-state index contributed by atoms with van der Waals surface area (Å²) in [6, 6.07) is 38.1. The average Bonchev–Trinajstić information content (AvgIpc) is 1.03. The highest BCUT2D eigenvalue weighted by Crippen LogP contribution is 2.58. The predicted molar refractivity (Wildman–Crippen MR) is 326 cm³/mol. The van der Waals surface area contributed by atoms with Gasteiger partial charge < -0.3 is 24.1 Å². The maximum atomic E-state index is 15.4. The molecule has 2 aliphatic rings. The van der Waals surface area contributed by atoms with E-state index in [1.54, 1.807) is 24.3 Å². The normalized spacial score (nSPS) is 14.1. The summed E-state index contributed by atoms with van der Waals surface area (Å²) in [5.74, 6) is 0.673. The van der Waals surface area contributed by atoms with Gasteiger partial charge in [-0.15, -0.1) is 0 Å². The molecule has 0 saturated carbocycles. The number of aliphatic hydroxyl groups excluding tert-OH is 1. The molecule has 0 unspecified atom stereocenters. The molecule has 4 amide bonds. The number of ether oxygens (including phenoxy) is 4. The molecule has 11 heteroatoms. The molecule has 1 N–H and O–H groups in total. The molecule has 11 rings (SSSR count). The van der Waals surface area contributed by atoms with Crippen molar-refractivity contribution in [1.29, 1.82) is 0 Å². The van der Waals surface area contributed by atoms with Crippen LogP contribution in [0, 0.1) is 0 Å². The fourth-order valence-electron chi connectivity index (χ4n) is 11.6. The van der Waals surface area contributed by atoms with Crippen LogP contribution in [0.15, 0.2) is 121 Å². The lowest BCUT2D eigenvalue weighted by Crippen LogP contribution is -2.42. The van der Waals surface area contributed by atoms with E-state index in [0.717, 1.165) is 40.0 Å². The van der Waals surface area contributed by atoms with Gasteiger partial charge in [0.05, 0.1) is 35.4 Å². The van der Waals surface area contributed by atoms with E-state index in [0.29, 0.717) is 72.5 Å². The van der Waals surface area contributed by atoms with Crippen LogP contribution in [0.4, 0.5) is 0 Å². The second-order valence-electron chi connectivity index (χ2n) is 26.1. The van der Waals surface area contributed by atoms with Gasteiger partial charge in [-0.25, -0.2) is 0 Å². The van der Waals surface area contributed by atoms with Crippen LogP contribution >= 0.6 is 0 Å². The van der Waals surface area contributed by atoms with Crippen molar-refractivity contribution < 1.29 is 43.2 Å². The molecule has 0 aromatic heterocycles. The van der Waals surface area contributed by atoms with Crippen LogP contribution in [0.3, 0.4) is 0 Å². The molecule has 0 fully saturated rings. The number of nitrogens with zero attached hydrogens (tertiary/aromatic N) is 2. The van der Waals surface area contributed by atoms with Crippen LogP contribution in [0.5, 0.6) is 46.0 Å². The van der Waals surface area contributed by atoms with Gasteiger partial charge in [0.15, 0.2) is 0 Å². The van der Waals surface area contributed by atoms with Crippen LogP contribution in [0.1, 0.15) is 173 Å². The summed E-state index contributed by atoms with van der Waals surface area (Å²) in [4.78, 5) is 63.5. The number of amides is 4. The maximum absolute atomic E-state index is 15.4. The molecule has 0 bridgehead atoms. The van der Waals surface area contributed by atoms with Crippen molar-refractivity contribution in [2.45, 2.75) is 131 Å². The third-order valence-corrected chi connectivity index (χ3v) is 16.2. The minimum absolute atomic E-state index is 0.160. The Morgan fingerprint density at radius 2 is 0.585 bits per heavy atom. The largest absolute Gasteiger partial charge is 0.457 e. The lowest BCUT2D eigenvalue weighted by molar-refractivity contribution is 0.0574. The molecule has 2 heterocycles. The smallest absolute Gasteiger partial charge is 0.261 e. The Balaban J connectivity index is 1.35. The summed E-state index contributed by atoms with van der Waals surface area (Å²) in [6.45, 7) is 27.2. The zero-order valence-corrected chi connectivity index (χ0v) is 49.4. The van der Waals surface area contributed by atoms with Gasteiger partial charge in [0.2, 0.25) is 0 Å². The van der Waals surface area contributed by atoms with Crippen LogP contribution in [0.25, 0.3) is 43.1 Å². The van der Waals surface area contributed by atoms with Gasteiger partial charge in [0.1, 0.15) is 46.0 Å². The number of carbonyl (C=O) groups is 4. The zero-order chi connectivity index (χ0) is 58.5. The van der Waals surface area contributed by atoms with Gasteiger partial charge in [0, 0.05) is 49.6 Å². The third kappa shape index (κ3) is 9.76. The second-order valence-corrected chi connectivity index (χ2v) is 26.1. The van der Waals surface area contributed by atoms with Gasteiger partial charge in [-0.3, -0.25) is 29.0 Å². The summed E-state index contributed by atoms with van der Waals surface area (Å²) in [6.07, 6.45) is 2.30. The topological polar surface area (TPSA) is 132 Å². The Kier molecular flexibility index (Phi) is 13.8. The highest BCUT2D eigenvalue weighted by atomic mass is 16.5. The number of rotatable bonds is 14. The van der Waals surface area contributed by atoms with E-state index in [-0.39, 0.29) is 80.0 Å². The van der Waals surface area contributed by atoms with Gasteiger partial charge >= 0.3 is 0 Å². The van der Waals surface area contributed by atoms with Gasteiger partial charge in [-0.2, -0.15) is 0 Å². The van der Waals surface area contributed by atoms with E-state index < -0.39 is 30.2 Å². The standard InChI is InChI=1S/C71H72N2O9/c1-14-15-16-33-72-64(75)48-36-52(79-44-25-17-40(18-26-44)68(2,3)4)58-60-54(81-46-29-21-42(22-30-46)70(8,9)10)38-50-57-51(67(78)73(34-35-74)66(50)77)39-55(82-47-31-23-43(24-32-47)71(11,12)13)61(63(57)60)59-53(37-49(65(72)76)56(48)62(58)59)80-45-27-19-41(20-28-45)69(5,6)7/h17-32,36-39,74H,14-16,33-35H2,1-13H3. The highest BCUT2D eigenvalue weighted by Gasteiger charge is 2.41. The number of imide groups is 2. The van der Waals surface area contributed by atoms with E-state index in [1.807, 2.05) is 97.1 Å². The number of β-amino-alcohol motifs (C(OH)–C–C–N with tert-alkyl or cyclic N) is 1. The summed E-state index contributed by atoms with van der Waals surface area (Å²) < 4.78 is 28.7. The quantitative estimate of drug-likeness (QED) is 0.0489. The molecule has 0 aliphatic carbocycles. The molecule has 9 aromatic carbocycles. The minimum atomic E-state index is -0.621. The monoisotopic (exact) mass is 1100 g/mol. The Morgan fingerprint density at radius 3 is 0.805 bits per heavy atom. The number of unbranched alkanes of at least 4 members (excludes halogenated alkanes) is 2. The zero-order valence-electron chi connectivity index (χ0n) is 49.4. The number of fused-ring (bicyclic) bond motifs is 2. The second kappa shape index (κ2) is 20.3. The summed E-state index contributed by atoms with van der Waals surface area (Å²) in [5, 5.41) is 13.8. The summed E-state index contributed by atoms with van der Waals surface area (Å²) >= 11 is 0. The van der Waals surface area contributed by atoms with Crippen molar-refractivity contribution in [3.8, 4) is 46.0 Å². The van der Waals surface area contributed by atoms with Gasteiger partial charge in [-0.1, -0.05) is 151 Å². The van der Waals surface area contributed by atoms with Crippen LogP contribution in [-0.2, 0) is 21.7 Å². The fraction of sp³-hybridized carbons (Fsp3) is 0.324. The lowest BCUT2D eigenvalue weighted by Gasteiger charge is -2.32. The molecule has 0 radical (unpaired) electrons. The van der Waals surface area contributed by atoms with Crippen molar-refractivity contribution in [3.63, 3.8) is 0 Å². The molecule has 2 aliphatic heterocycles. The number of hydrogen-bond donors (Lipinski definition) is 1. The summed E-state index contributed by atoms with van der Waals surface area (Å²) in [5.41, 5.74) is 4.48. The van der Waals surface area contributed by atoms with E-state index in [1.165, 1.54) is 4.90 Å². The fourth-order valence-corrected chi connectivity index (χ4v) is 11.6. The van der Waals surface area contributed by atoms with Crippen LogP contribution in [0.2, 0.25) is 0 Å². The van der Waals surface area contributed by atoms with Gasteiger partial charge in [-0.05, 0) is 123 Å². The van der Waals surface area contributed by atoms with E-state index in [9.17, 15) is 5.11 Å². The molecule has 0 atom stereocenters. The Hall–Kier alpha value is -8.28. The average molecular weight is 1100 g/mol. The molecular weight excluding hydrogens is 1020 g/mol. The Bertz CT molecular complexity index is 3790. The SMILES string of the molecule is CCCCCN1C(=O)c2cc(Oc3ccc(C(C)(C)C)cc3)c3c4c(Oc5ccc(C(C)(C)C)cc5)cc5c6c(cc(Oc7ccc(C(C)(C)C)cc7)c(c7c(Oc8ccc(C(C)(C)C)cc8)cc(c2c37)C1=O)c64)C(=O)N(CCO)C5=O. The molecular formula is C71H72N2O9. The van der Waals surface area contributed by atoms with Crippen molar-refractivity contribution in [2.24, 2.45) is 0 Å². The van der Waals surface area contributed by atoms with Crippen molar-refractivity contribution in [3.05, 3.63) is 166 Å². The van der Waals surface area contributed by atoms with Crippen LogP contribution in [-0.4, -0.2) is 58.2 Å². The van der Waals surface area contributed by atoms with E-state index in [4.69, 9.17) is 18.9 Å². The molecule has 0 spiro atoms. The molecule has 82 heavy (non-hydrogen) atoms.